The molecule has 1 amide bonds. The number of pyridine rings is 1. The molecule has 1 aromatic heterocycles. The molecule has 2 heterocycles. The van der Waals surface area contributed by atoms with Gasteiger partial charge in [-0.3, -0.25) is 9.78 Å². The van der Waals surface area contributed by atoms with Crippen LogP contribution in [-0.2, 0) is 0 Å². The van der Waals surface area contributed by atoms with Crippen molar-refractivity contribution in [2.45, 2.75) is 25.8 Å². The van der Waals surface area contributed by atoms with Crippen LogP contribution in [0.4, 0.5) is 5.69 Å². The van der Waals surface area contributed by atoms with Gasteiger partial charge in [-0.25, -0.2) is 0 Å². The summed E-state index contributed by atoms with van der Waals surface area (Å²) >= 11 is 0. The predicted octanol–water partition coefficient (Wildman–Crippen LogP) is 1.34. The third-order valence-corrected chi connectivity index (χ3v) is 3.54. The fourth-order valence-electron chi connectivity index (χ4n) is 2.39. The Kier molecular flexibility index (Phi) is 4.74. The average Bonchev–Trinajstić information content (AvgIpc) is 2.82. The molecule has 1 aromatic rings. The average molecular weight is 262 g/mol. The Morgan fingerprint density at radius 3 is 3.11 bits per heavy atom. The van der Waals surface area contributed by atoms with Gasteiger partial charge < -0.3 is 15.5 Å². The Morgan fingerprint density at radius 2 is 2.42 bits per heavy atom. The molecule has 1 atom stereocenters. The van der Waals surface area contributed by atoms with Crippen LogP contribution in [-0.4, -0.2) is 48.5 Å². The van der Waals surface area contributed by atoms with Crippen LogP contribution in [0, 0.1) is 0 Å². The Labute approximate surface area is 114 Å². The van der Waals surface area contributed by atoms with Gasteiger partial charge in [0.05, 0.1) is 0 Å². The number of amides is 1. The largest absolute Gasteiger partial charge is 0.383 e. The molecule has 104 valence electrons. The fourth-order valence-corrected chi connectivity index (χ4v) is 2.39. The van der Waals surface area contributed by atoms with Crippen molar-refractivity contribution < 1.29 is 4.79 Å². The van der Waals surface area contributed by atoms with E-state index in [0.717, 1.165) is 12.2 Å². The van der Waals surface area contributed by atoms with E-state index in [-0.39, 0.29) is 5.91 Å². The SMILES string of the molecule is CCNC(=O)c1cc(NCC2CCCN2C)ccn1. The molecular weight excluding hydrogens is 240 g/mol. The zero-order chi connectivity index (χ0) is 13.7. The van der Waals surface area contributed by atoms with Gasteiger partial charge in [0.2, 0.25) is 0 Å². The van der Waals surface area contributed by atoms with Gasteiger partial charge in [-0.15, -0.1) is 0 Å². The number of hydrogen-bond donors (Lipinski definition) is 2. The van der Waals surface area contributed by atoms with E-state index in [0.29, 0.717) is 18.3 Å². The van der Waals surface area contributed by atoms with Gasteiger partial charge in [-0.1, -0.05) is 0 Å². The van der Waals surface area contributed by atoms with Gasteiger partial charge in [0, 0.05) is 31.0 Å². The Balaban J connectivity index is 1.93. The normalized spacial score (nSPS) is 19.4. The first-order chi connectivity index (χ1) is 9.20. The highest BCUT2D eigenvalue weighted by Gasteiger charge is 2.20. The van der Waals surface area contributed by atoms with Crippen molar-refractivity contribution in [2.24, 2.45) is 0 Å². The van der Waals surface area contributed by atoms with Crippen molar-refractivity contribution in [1.82, 2.24) is 15.2 Å². The monoisotopic (exact) mass is 262 g/mol. The molecule has 1 saturated heterocycles. The maximum absolute atomic E-state index is 11.7. The van der Waals surface area contributed by atoms with Crippen LogP contribution < -0.4 is 10.6 Å². The lowest BCUT2D eigenvalue weighted by Gasteiger charge is -2.20. The standard InChI is InChI=1S/C14H22N4O/c1-3-15-14(19)13-9-11(6-7-16-13)17-10-12-5-4-8-18(12)2/h6-7,9,12H,3-5,8,10H2,1-2H3,(H,15,19)(H,16,17). The summed E-state index contributed by atoms with van der Waals surface area (Å²) in [4.78, 5) is 18.2. The van der Waals surface area contributed by atoms with Crippen LogP contribution in [0.25, 0.3) is 0 Å². The van der Waals surface area contributed by atoms with Gasteiger partial charge in [-0.05, 0) is 45.5 Å². The lowest BCUT2D eigenvalue weighted by molar-refractivity contribution is 0.0951. The van der Waals surface area contributed by atoms with Crippen molar-refractivity contribution >= 4 is 11.6 Å². The number of nitrogens with zero attached hydrogens (tertiary/aromatic N) is 2. The highest BCUT2D eigenvalue weighted by atomic mass is 16.1. The van der Waals surface area contributed by atoms with E-state index in [1.807, 2.05) is 13.0 Å². The molecule has 2 N–H and O–H groups in total. The van der Waals surface area contributed by atoms with Gasteiger partial charge in [0.25, 0.3) is 5.91 Å². The quantitative estimate of drug-likeness (QED) is 0.840. The van der Waals surface area contributed by atoms with Crippen LogP contribution in [0.2, 0.25) is 0 Å². The van der Waals surface area contributed by atoms with Gasteiger partial charge in [0.1, 0.15) is 5.69 Å². The first-order valence-electron chi connectivity index (χ1n) is 6.89. The molecule has 1 aliphatic rings. The molecule has 0 bridgehead atoms. The van der Waals surface area contributed by atoms with Gasteiger partial charge >= 0.3 is 0 Å². The predicted molar refractivity (Wildman–Crippen MR) is 76.4 cm³/mol. The molecule has 0 saturated carbocycles. The third kappa shape index (κ3) is 3.67. The summed E-state index contributed by atoms with van der Waals surface area (Å²) in [6, 6.07) is 4.29. The summed E-state index contributed by atoms with van der Waals surface area (Å²) in [6.45, 7) is 4.60. The molecule has 0 spiro atoms. The minimum Gasteiger partial charge on any atom is -0.383 e. The first kappa shape index (κ1) is 13.8. The maximum atomic E-state index is 11.7. The van der Waals surface area contributed by atoms with E-state index in [4.69, 9.17) is 0 Å². The van der Waals surface area contributed by atoms with Crippen molar-refractivity contribution in [3.63, 3.8) is 0 Å². The van der Waals surface area contributed by atoms with E-state index >= 15 is 0 Å². The fraction of sp³-hybridized carbons (Fsp3) is 0.571. The number of likely N-dealkylation sites (tertiary alicyclic amines) is 1. The highest BCUT2D eigenvalue weighted by molar-refractivity contribution is 5.93. The van der Waals surface area contributed by atoms with E-state index in [9.17, 15) is 4.79 Å². The molecule has 1 aliphatic heterocycles. The molecule has 0 radical (unpaired) electrons. The number of aromatic nitrogens is 1. The van der Waals surface area contributed by atoms with E-state index in [1.54, 1.807) is 12.3 Å². The highest BCUT2D eigenvalue weighted by Crippen LogP contribution is 2.16. The first-order valence-corrected chi connectivity index (χ1v) is 6.89. The van der Waals surface area contributed by atoms with Crippen LogP contribution >= 0.6 is 0 Å². The van der Waals surface area contributed by atoms with Crippen LogP contribution in [0.1, 0.15) is 30.3 Å². The molecule has 5 heteroatoms. The topological polar surface area (TPSA) is 57.3 Å². The molecule has 19 heavy (non-hydrogen) atoms. The van der Waals surface area contributed by atoms with Crippen LogP contribution in [0.15, 0.2) is 18.3 Å². The lowest BCUT2D eigenvalue weighted by atomic mass is 10.2. The molecule has 0 aliphatic carbocycles. The van der Waals surface area contributed by atoms with Gasteiger partial charge in [-0.2, -0.15) is 0 Å². The smallest absolute Gasteiger partial charge is 0.269 e. The second kappa shape index (κ2) is 6.52. The molecule has 0 aromatic carbocycles. The molecule has 5 nitrogen and oxygen atoms in total. The van der Waals surface area contributed by atoms with Crippen LogP contribution in [0.3, 0.4) is 0 Å². The molecular formula is C14H22N4O. The van der Waals surface area contributed by atoms with Crippen molar-refractivity contribution in [3.8, 4) is 0 Å². The number of carbonyl (C=O) groups excluding carboxylic acids is 1. The summed E-state index contributed by atoms with van der Waals surface area (Å²) in [7, 11) is 2.16. The summed E-state index contributed by atoms with van der Waals surface area (Å²) in [6.07, 6.45) is 4.17. The van der Waals surface area contributed by atoms with Crippen molar-refractivity contribution in [2.75, 3.05) is 32.0 Å². The van der Waals surface area contributed by atoms with Crippen molar-refractivity contribution in [3.05, 3.63) is 24.0 Å². The Hall–Kier alpha value is -1.62. The number of nitrogens with one attached hydrogen (secondary N) is 2. The maximum Gasteiger partial charge on any atom is 0.269 e. The molecule has 2 rings (SSSR count). The third-order valence-electron chi connectivity index (χ3n) is 3.54. The lowest BCUT2D eigenvalue weighted by Crippen LogP contribution is -2.31. The number of rotatable bonds is 5. The number of anilines is 1. The summed E-state index contributed by atoms with van der Waals surface area (Å²) in [5.74, 6) is -0.121. The minimum absolute atomic E-state index is 0.121. The second-order valence-electron chi connectivity index (χ2n) is 4.95. The number of carbonyl (C=O) groups is 1. The van der Waals surface area contributed by atoms with E-state index in [1.165, 1.54) is 19.4 Å². The van der Waals surface area contributed by atoms with Gasteiger partial charge in [0.15, 0.2) is 0 Å². The zero-order valence-corrected chi connectivity index (χ0v) is 11.6. The van der Waals surface area contributed by atoms with E-state index < -0.39 is 0 Å². The zero-order valence-electron chi connectivity index (χ0n) is 11.6. The second-order valence-corrected chi connectivity index (χ2v) is 4.95. The summed E-state index contributed by atoms with van der Waals surface area (Å²) in [5.41, 5.74) is 1.42. The Morgan fingerprint density at radius 1 is 1.58 bits per heavy atom. The minimum atomic E-state index is -0.121. The Bertz CT molecular complexity index is 435. The van der Waals surface area contributed by atoms with Crippen molar-refractivity contribution in [1.29, 1.82) is 0 Å². The molecule has 1 unspecified atom stereocenters. The van der Waals surface area contributed by atoms with Crippen LogP contribution in [0.5, 0.6) is 0 Å². The number of hydrogen-bond acceptors (Lipinski definition) is 4. The summed E-state index contributed by atoms with van der Waals surface area (Å²) in [5, 5.41) is 6.15. The molecule has 1 fully saturated rings. The van der Waals surface area contributed by atoms with E-state index in [2.05, 4.69) is 27.6 Å². The summed E-state index contributed by atoms with van der Waals surface area (Å²) < 4.78 is 0. The number of likely N-dealkylation sites (N-methyl/N-ethyl adjacent to an activating group) is 1.